The summed E-state index contributed by atoms with van der Waals surface area (Å²) < 4.78 is 0. The minimum Gasteiger partial charge on any atom is -0.354 e. The van der Waals surface area contributed by atoms with Crippen molar-refractivity contribution in [2.24, 2.45) is 0 Å². The number of hydrogen-bond acceptors (Lipinski definition) is 4. The molecule has 0 bridgehead atoms. The normalized spacial score (nSPS) is 18.8. The lowest BCUT2D eigenvalue weighted by Crippen LogP contribution is -2.38. The summed E-state index contributed by atoms with van der Waals surface area (Å²) in [5.41, 5.74) is 3.01. The Bertz CT molecular complexity index is 833. The van der Waals surface area contributed by atoms with Crippen LogP contribution in [0.4, 0.5) is 5.82 Å². The molecule has 2 atom stereocenters. The van der Waals surface area contributed by atoms with Gasteiger partial charge in [0.05, 0.1) is 11.6 Å². The number of nitrogens with one attached hydrogen (secondary N) is 1. The maximum Gasteiger partial charge on any atom is 0.255 e. The van der Waals surface area contributed by atoms with Gasteiger partial charge in [0.15, 0.2) is 0 Å². The number of anilines is 1. The standard InChI is InChI=1S/C22H28N4O2/c1-5-25(4)22(28)18-10-11-21(23-12-18)26-13-19(20(14-26)24-16(3)27)17-8-6-15(2)7-9-17/h6-12,19-20H,5,13-14H2,1-4H3,(H,24,27)/t19-,20+/m0/s1. The average molecular weight is 380 g/mol. The maximum atomic E-state index is 12.3. The van der Waals surface area contributed by atoms with Crippen LogP contribution in [0.3, 0.4) is 0 Å². The Morgan fingerprint density at radius 3 is 2.46 bits per heavy atom. The number of aryl methyl sites for hydroxylation is 1. The molecule has 1 N–H and O–H groups in total. The lowest BCUT2D eigenvalue weighted by Gasteiger charge is -2.19. The number of carbonyl (C=O) groups excluding carboxylic acids is 2. The van der Waals surface area contributed by atoms with Gasteiger partial charge < -0.3 is 15.1 Å². The van der Waals surface area contributed by atoms with E-state index in [9.17, 15) is 9.59 Å². The third-order valence-corrected chi connectivity index (χ3v) is 5.35. The van der Waals surface area contributed by atoms with E-state index in [-0.39, 0.29) is 23.8 Å². The summed E-state index contributed by atoms with van der Waals surface area (Å²) in [6.45, 7) is 7.67. The van der Waals surface area contributed by atoms with Gasteiger partial charge in [-0.1, -0.05) is 29.8 Å². The number of hydrogen-bond donors (Lipinski definition) is 1. The van der Waals surface area contributed by atoms with Gasteiger partial charge in [-0.3, -0.25) is 9.59 Å². The van der Waals surface area contributed by atoms with Gasteiger partial charge in [0.2, 0.25) is 5.91 Å². The molecule has 0 unspecified atom stereocenters. The van der Waals surface area contributed by atoms with E-state index >= 15 is 0 Å². The lowest BCUT2D eigenvalue weighted by atomic mass is 9.93. The quantitative estimate of drug-likeness (QED) is 0.866. The molecule has 1 fully saturated rings. The van der Waals surface area contributed by atoms with Crippen molar-refractivity contribution < 1.29 is 9.59 Å². The van der Waals surface area contributed by atoms with Gasteiger partial charge in [0, 0.05) is 45.7 Å². The van der Waals surface area contributed by atoms with Crippen molar-refractivity contribution in [1.82, 2.24) is 15.2 Å². The van der Waals surface area contributed by atoms with Crippen LogP contribution in [0.15, 0.2) is 42.6 Å². The highest BCUT2D eigenvalue weighted by Crippen LogP contribution is 2.30. The van der Waals surface area contributed by atoms with E-state index in [0.29, 0.717) is 18.7 Å². The Morgan fingerprint density at radius 1 is 1.18 bits per heavy atom. The zero-order valence-electron chi connectivity index (χ0n) is 17.0. The van der Waals surface area contributed by atoms with Crippen LogP contribution in [-0.2, 0) is 4.79 Å². The summed E-state index contributed by atoms with van der Waals surface area (Å²) in [5, 5.41) is 3.09. The number of amides is 2. The Balaban J connectivity index is 1.80. The largest absolute Gasteiger partial charge is 0.354 e. The molecular formula is C22H28N4O2. The molecule has 3 rings (SSSR count). The Morgan fingerprint density at radius 2 is 1.89 bits per heavy atom. The fourth-order valence-corrected chi connectivity index (χ4v) is 3.61. The molecule has 6 nitrogen and oxygen atoms in total. The summed E-state index contributed by atoms with van der Waals surface area (Å²) in [6, 6.07) is 12.2. The van der Waals surface area contributed by atoms with Crippen LogP contribution in [0.5, 0.6) is 0 Å². The molecule has 28 heavy (non-hydrogen) atoms. The molecular weight excluding hydrogens is 352 g/mol. The van der Waals surface area contributed by atoms with E-state index in [0.717, 1.165) is 12.4 Å². The van der Waals surface area contributed by atoms with Crippen molar-refractivity contribution in [3.05, 3.63) is 59.3 Å². The zero-order chi connectivity index (χ0) is 20.3. The second kappa shape index (κ2) is 8.42. The fraction of sp³-hybridized carbons (Fsp3) is 0.409. The molecule has 148 valence electrons. The summed E-state index contributed by atoms with van der Waals surface area (Å²) in [4.78, 5) is 32.3. The van der Waals surface area contributed by atoms with Gasteiger partial charge in [0.25, 0.3) is 5.91 Å². The number of pyridine rings is 1. The first kappa shape index (κ1) is 19.9. The highest BCUT2D eigenvalue weighted by molar-refractivity contribution is 5.93. The monoisotopic (exact) mass is 380 g/mol. The van der Waals surface area contributed by atoms with Crippen molar-refractivity contribution in [3.8, 4) is 0 Å². The van der Waals surface area contributed by atoms with Crippen LogP contribution in [0.1, 0.15) is 41.3 Å². The van der Waals surface area contributed by atoms with Crippen molar-refractivity contribution in [1.29, 1.82) is 0 Å². The Hall–Kier alpha value is -2.89. The first-order chi connectivity index (χ1) is 13.4. The van der Waals surface area contributed by atoms with E-state index in [1.165, 1.54) is 11.1 Å². The van der Waals surface area contributed by atoms with Gasteiger partial charge in [0.1, 0.15) is 5.82 Å². The zero-order valence-corrected chi connectivity index (χ0v) is 17.0. The smallest absolute Gasteiger partial charge is 0.255 e. The van der Waals surface area contributed by atoms with Crippen molar-refractivity contribution in [3.63, 3.8) is 0 Å². The van der Waals surface area contributed by atoms with Gasteiger partial charge in [-0.25, -0.2) is 4.98 Å². The van der Waals surface area contributed by atoms with Crippen LogP contribution in [-0.4, -0.2) is 54.4 Å². The van der Waals surface area contributed by atoms with E-state index in [2.05, 4.69) is 46.4 Å². The maximum absolute atomic E-state index is 12.3. The highest BCUT2D eigenvalue weighted by Gasteiger charge is 2.35. The topological polar surface area (TPSA) is 65.5 Å². The molecule has 6 heteroatoms. The van der Waals surface area contributed by atoms with Crippen molar-refractivity contribution in [2.45, 2.75) is 32.7 Å². The minimum absolute atomic E-state index is 0.0227. The highest BCUT2D eigenvalue weighted by atomic mass is 16.2. The third-order valence-electron chi connectivity index (χ3n) is 5.35. The molecule has 2 amide bonds. The summed E-state index contributed by atoms with van der Waals surface area (Å²) in [5.74, 6) is 0.955. The van der Waals surface area contributed by atoms with Gasteiger partial charge >= 0.3 is 0 Å². The molecule has 1 saturated heterocycles. The van der Waals surface area contributed by atoms with Gasteiger partial charge in [-0.15, -0.1) is 0 Å². The molecule has 1 aromatic carbocycles. The van der Waals surface area contributed by atoms with Crippen molar-refractivity contribution in [2.75, 3.05) is 31.6 Å². The van der Waals surface area contributed by atoms with Crippen LogP contribution in [0, 0.1) is 6.92 Å². The number of rotatable bonds is 5. The second-order valence-electron chi connectivity index (χ2n) is 7.45. The van der Waals surface area contributed by atoms with Crippen LogP contribution in [0.2, 0.25) is 0 Å². The van der Waals surface area contributed by atoms with E-state index in [1.54, 1.807) is 25.1 Å². The predicted octanol–water partition coefficient (Wildman–Crippen LogP) is 2.59. The van der Waals surface area contributed by atoms with Gasteiger partial charge in [-0.05, 0) is 31.5 Å². The summed E-state index contributed by atoms with van der Waals surface area (Å²) in [6.07, 6.45) is 1.64. The number of nitrogens with zero attached hydrogens (tertiary/aromatic N) is 3. The Labute approximate surface area is 166 Å². The van der Waals surface area contributed by atoms with Crippen LogP contribution in [0.25, 0.3) is 0 Å². The van der Waals surface area contributed by atoms with E-state index < -0.39 is 0 Å². The summed E-state index contributed by atoms with van der Waals surface area (Å²) in [7, 11) is 1.78. The average Bonchev–Trinajstić information content (AvgIpc) is 3.10. The minimum atomic E-state index is -0.0309. The molecule has 1 aromatic heterocycles. The van der Waals surface area contributed by atoms with E-state index in [4.69, 9.17) is 0 Å². The van der Waals surface area contributed by atoms with Crippen LogP contribution >= 0.6 is 0 Å². The first-order valence-electron chi connectivity index (χ1n) is 9.69. The number of benzene rings is 1. The lowest BCUT2D eigenvalue weighted by molar-refractivity contribution is -0.119. The predicted molar refractivity (Wildman–Crippen MR) is 111 cm³/mol. The third kappa shape index (κ3) is 4.32. The second-order valence-corrected chi connectivity index (χ2v) is 7.45. The molecule has 0 aliphatic carbocycles. The van der Waals surface area contributed by atoms with E-state index in [1.807, 2.05) is 19.1 Å². The number of carbonyl (C=O) groups is 2. The molecule has 1 aliphatic heterocycles. The molecule has 1 aliphatic rings. The number of aromatic nitrogens is 1. The van der Waals surface area contributed by atoms with Gasteiger partial charge in [-0.2, -0.15) is 0 Å². The molecule has 2 aromatic rings. The van der Waals surface area contributed by atoms with Crippen LogP contribution < -0.4 is 10.2 Å². The fourth-order valence-electron chi connectivity index (χ4n) is 3.61. The molecule has 0 saturated carbocycles. The first-order valence-corrected chi connectivity index (χ1v) is 9.69. The molecule has 0 spiro atoms. The Kier molecular flexibility index (Phi) is 5.97. The molecule has 0 radical (unpaired) electrons. The summed E-state index contributed by atoms with van der Waals surface area (Å²) >= 11 is 0. The SMILES string of the molecule is CCN(C)C(=O)c1ccc(N2C[C@@H](NC(C)=O)[C@H](c3ccc(C)cc3)C2)nc1. The molecule has 2 heterocycles. The van der Waals surface area contributed by atoms with Crippen molar-refractivity contribution >= 4 is 17.6 Å².